The SMILES string of the molecule is CC1(CNC(=O)CCC(=O)O)CCCC1. The number of rotatable bonds is 5. The number of nitrogens with one attached hydrogen (secondary N) is 1. The van der Waals surface area contributed by atoms with Crippen LogP contribution in [0.2, 0.25) is 0 Å². The van der Waals surface area contributed by atoms with Gasteiger partial charge in [-0.25, -0.2) is 0 Å². The summed E-state index contributed by atoms with van der Waals surface area (Å²) < 4.78 is 0. The van der Waals surface area contributed by atoms with Crippen molar-refractivity contribution in [1.29, 1.82) is 0 Å². The van der Waals surface area contributed by atoms with Crippen LogP contribution in [0.3, 0.4) is 0 Å². The van der Waals surface area contributed by atoms with E-state index in [1.54, 1.807) is 0 Å². The predicted octanol–water partition coefficient (Wildman–Crippen LogP) is 1.55. The summed E-state index contributed by atoms with van der Waals surface area (Å²) in [5.74, 6) is -1.07. The van der Waals surface area contributed by atoms with E-state index in [-0.39, 0.29) is 24.2 Å². The standard InChI is InChI=1S/C11H19NO3/c1-11(6-2-3-7-11)8-12-9(13)4-5-10(14)15/h2-8H2,1H3,(H,12,13)(H,14,15). The highest BCUT2D eigenvalue weighted by Gasteiger charge is 2.28. The van der Waals surface area contributed by atoms with Crippen LogP contribution in [-0.4, -0.2) is 23.5 Å². The molecule has 0 aromatic carbocycles. The first-order chi connectivity index (χ1) is 7.02. The Hall–Kier alpha value is -1.06. The number of carboxylic acids is 1. The monoisotopic (exact) mass is 213 g/mol. The molecule has 0 unspecified atom stereocenters. The summed E-state index contributed by atoms with van der Waals surface area (Å²) in [6.07, 6.45) is 4.80. The Morgan fingerprint density at radius 1 is 1.27 bits per heavy atom. The Balaban J connectivity index is 2.18. The Kier molecular flexibility index (Phi) is 4.12. The minimum atomic E-state index is -0.919. The zero-order valence-corrected chi connectivity index (χ0v) is 9.21. The molecule has 0 aromatic rings. The lowest BCUT2D eigenvalue weighted by Gasteiger charge is -2.23. The smallest absolute Gasteiger partial charge is 0.303 e. The van der Waals surface area contributed by atoms with Gasteiger partial charge in [0.05, 0.1) is 6.42 Å². The molecule has 15 heavy (non-hydrogen) atoms. The molecule has 1 aliphatic rings. The van der Waals surface area contributed by atoms with Gasteiger partial charge >= 0.3 is 5.97 Å². The summed E-state index contributed by atoms with van der Waals surface area (Å²) in [6.45, 7) is 2.86. The van der Waals surface area contributed by atoms with Gasteiger partial charge in [0.1, 0.15) is 0 Å². The summed E-state index contributed by atoms with van der Waals surface area (Å²) in [5.41, 5.74) is 0.235. The molecule has 0 spiro atoms. The van der Waals surface area contributed by atoms with Crippen LogP contribution in [0.1, 0.15) is 45.4 Å². The Labute approximate surface area is 90.0 Å². The molecule has 2 N–H and O–H groups in total. The number of carbonyl (C=O) groups is 2. The summed E-state index contributed by atoms with van der Waals surface area (Å²) in [5, 5.41) is 11.2. The molecule has 0 radical (unpaired) electrons. The van der Waals surface area contributed by atoms with Crippen molar-refractivity contribution in [2.45, 2.75) is 45.4 Å². The maximum atomic E-state index is 11.3. The molecule has 0 bridgehead atoms. The molecule has 0 heterocycles. The van der Waals surface area contributed by atoms with Crippen LogP contribution in [0.15, 0.2) is 0 Å². The molecule has 4 heteroatoms. The lowest BCUT2D eigenvalue weighted by atomic mass is 9.89. The Bertz CT molecular complexity index is 244. The van der Waals surface area contributed by atoms with E-state index in [9.17, 15) is 9.59 Å². The second kappa shape index (κ2) is 5.14. The molecule has 4 nitrogen and oxygen atoms in total. The van der Waals surface area contributed by atoms with E-state index in [0.29, 0.717) is 6.54 Å². The molecule has 1 rings (SSSR count). The average molecular weight is 213 g/mol. The van der Waals surface area contributed by atoms with Gasteiger partial charge in [-0.1, -0.05) is 19.8 Å². The molecule has 0 aromatic heterocycles. The summed E-state index contributed by atoms with van der Waals surface area (Å²) in [6, 6.07) is 0. The second-order valence-corrected chi connectivity index (χ2v) is 4.69. The van der Waals surface area contributed by atoms with Gasteiger partial charge in [0.2, 0.25) is 5.91 Å². The van der Waals surface area contributed by atoms with Crippen molar-refractivity contribution in [3.8, 4) is 0 Å². The summed E-state index contributed by atoms with van der Waals surface area (Å²) in [4.78, 5) is 21.5. The number of hydrogen-bond donors (Lipinski definition) is 2. The zero-order valence-electron chi connectivity index (χ0n) is 9.21. The van der Waals surface area contributed by atoms with E-state index >= 15 is 0 Å². The van der Waals surface area contributed by atoms with E-state index in [1.807, 2.05) is 0 Å². The highest BCUT2D eigenvalue weighted by molar-refractivity contribution is 5.80. The fraction of sp³-hybridized carbons (Fsp3) is 0.818. The van der Waals surface area contributed by atoms with Crippen LogP contribution in [0.5, 0.6) is 0 Å². The highest BCUT2D eigenvalue weighted by atomic mass is 16.4. The minimum absolute atomic E-state index is 0.0808. The Morgan fingerprint density at radius 3 is 2.40 bits per heavy atom. The molecule has 86 valence electrons. The van der Waals surface area contributed by atoms with Gasteiger partial charge in [-0.3, -0.25) is 9.59 Å². The van der Waals surface area contributed by atoms with Crippen LogP contribution >= 0.6 is 0 Å². The van der Waals surface area contributed by atoms with Gasteiger partial charge in [-0.05, 0) is 18.3 Å². The van der Waals surface area contributed by atoms with Crippen molar-refractivity contribution in [3.63, 3.8) is 0 Å². The molecular formula is C11H19NO3. The molecule has 0 saturated heterocycles. The fourth-order valence-corrected chi connectivity index (χ4v) is 2.03. The predicted molar refractivity (Wildman–Crippen MR) is 56.5 cm³/mol. The van der Waals surface area contributed by atoms with Crippen molar-refractivity contribution in [1.82, 2.24) is 5.32 Å². The van der Waals surface area contributed by atoms with Gasteiger partial charge in [0, 0.05) is 13.0 Å². The van der Waals surface area contributed by atoms with Crippen LogP contribution < -0.4 is 5.32 Å². The summed E-state index contributed by atoms with van der Waals surface area (Å²) >= 11 is 0. The van der Waals surface area contributed by atoms with Crippen molar-refractivity contribution < 1.29 is 14.7 Å². The number of carboxylic acid groups (broad SMARTS) is 1. The number of carbonyl (C=O) groups excluding carboxylic acids is 1. The molecule has 0 aliphatic heterocycles. The van der Waals surface area contributed by atoms with Gasteiger partial charge in [-0.2, -0.15) is 0 Å². The van der Waals surface area contributed by atoms with E-state index in [0.717, 1.165) is 12.8 Å². The molecule has 1 fully saturated rings. The van der Waals surface area contributed by atoms with Crippen LogP contribution in [-0.2, 0) is 9.59 Å². The third kappa shape index (κ3) is 4.32. The molecule has 1 saturated carbocycles. The molecular weight excluding hydrogens is 194 g/mol. The van der Waals surface area contributed by atoms with E-state index in [2.05, 4.69) is 12.2 Å². The van der Waals surface area contributed by atoms with Gasteiger partial charge in [0.25, 0.3) is 0 Å². The average Bonchev–Trinajstić information content (AvgIpc) is 2.60. The van der Waals surface area contributed by atoms with Crippen molar-refractivity contribution >= 4 is 11.9 Å². The Morgan fingerprint density at radius 2 is 1.87 bits per heavy atom. The number of hydrogen-bond acceptors (Lipinski definition) is 2. The maximum absolute atomic E-state index is 11.3. The van der Waals surface area contributed by atoms with Crippen molar-refractivity contribution in [2.75, 3.05) is 6.54 Å². The number of amides is 1. The maximum Gasteiger partial charge on any atom is 0.303 e. The quantitative estimate of drug-likeness (QED) is 0.728. The van der Waals surface area contributed by atoms with Crippen molar-refractivity contribution in [3.05, 3.63) is 0 Å². The first-order valence-electron chi connectivity index (χ1n) is 5.50. The van der Waals surface area contributed by atoms with E-state index in [1.165, 1.54) is 12.8 Å². The lowest BCUT2D eigenvalue weighted by Crippen LogP contribution is -2.34. The van der Waals surface area contributed by atoms with Crippen LogP contribution in [0.25, 0.3) is 0 Å². The fourth-order valence-electron chi connectivity index (χ4n) is 2.03. The van der Waals surface area contributed by atoms with Gasteiger partial charge in [-0.15, -0.1) is 0 Å². The van der Waals surface area contributed by atoms with E-state index in [4.69, 9.17) is 5.11 Å². The van der Waals surface area contributed by atoms with Gasteiger partial charge in [0.15, 0.2) is 0 Å². The van der Waals surface area contributed by atoms with Gasteiger partial charge < -0.3 is 10.4 Å². The number of aliphatic carboxylic acids is 1. The molecule has 1 amide bonds. The third-order valence-corrected chi connectivity index (χ3v) is 3.09. The first-order valence-corrected chi connectivity index (χ1v) is 5.50. The highest BCUT2D eigenvalue weighted by Crippen LogP contribution is 2.36. The summed E-state index contributed by atoms with van der Waals surface area (Å²) in [7, 11) is 0. The second-order valence-electron chi connectivity index (χ2n) is 4.69. The molecule has 1 aliphatic carbocycles. The van der Waals surface area contributed by atoms with Crippen LogP contribution in [0.4, 0.5) is 0 Å². The normalized spacial score (nSPS) is 18.7. The van der Waals surface area contributed by atoms with Crippen LogP contribution in [0, 0.1) is 5.41 Å². The zero-order chi connectivity index (χ0) is 11.3. The van der Waals surface area contributed by atoms with Crippen molar-refractivity contribution in [2.24, 2.45) is 5.41 Å². The third-order valence-electron chi connectivity index (χ3n) is 3.09. The molecule has 0 atom stereocenters. The lowest BCUT2D eigenvalue weighted by molar-refractivity contribution is -0.138. The van der Waals surface area contributed by atoms with E-state index < -0.39 is 5.97 Å². The first kappa shape index (κ1) is 12.0. The largest absolute Gasteiger partial charge is 0.481 e. The minimum Gasteiger partial charge on any atom is -0.481 e. The topological polar surface area (TPSA) is 66.4 Å².